The van der Waals surface area contributed by atoms with Crippen LogP contribution in [0.1, 0.15) is 31.8 Å². The third-order valence-corrected chi connectivity index (χ3v) is 7.13. The van der Waals surface area contributed by atoms with Gasteiger partial charge in [-0.15, -0.1) is 8.67 Å². The molecule has 8 N–H and O–H groups in total. The number of phenolic OH excluding ortho intramolecular Hbond substituents is 2. The highest BCUT2D eigenvalue weighted by molar-refractivity contribution is 7.94. The number of carbonyl (C=O) groups excluding carboxylic acids is 2. The van der Waals surface area contributed by atoms with E-state index in [0.717, 1.165) is 6.07 Å². The van der Waals surface area contributed by atoms with Gasteiger partial charge in [0, 0.05) is 11.4 Å². The van der Waals surface area contributed by atoms with Crippen LogP contribution in [-0.2, 0) is 39.0 Å². The van der Waals surface area contributed by atoms with Crippen LogP contribution >= 0.6 is 24.1 Å². The SMILES string of the molecule is O=C1c2c(NCS(=O)(=O)O)cc(S(=O)(=O)O)c(O)c2C(=O)c2c(NCSOOO)cc(SOOO)c(O)c21. The van der Waals surface area contributed by atoms with Crippen molar-refractivity contribution in [1.29, 1.82) is 0 Å². The van der Waals surface area contributed by atoms with Crippen LogP contribution in [0.25, 0.3) is 0 Å². The first-order valence-electron chi connectivity index (χ1n) is 9.27. The average molecular weight is 619 g/mol. The van der Waals surface area contributed by atoms with E-state index in [1.54, 1.807) is 0 Å². The number of hydrogen-bond acceptors (Lipinski definition) is 18. The number of fused-ring (bicyclic) bond motifs is 2. The minimum Gasteiger partial charge on any atom is -0.506 e. The summed E-state index contributed by atoms with van der Waals surface area (Å²) in [5.74, 6) is -6.45. The van der Waals surface area contributed by atoms with E-state index in [-0.39, 0.29) is 28.5 Å². The molecule has 0 spiro atoms. The van der Waals surface area contributed by atoms with Crippen LogP contribution in [0.15, 0.2) is 21.9 Å². The molecule has 38 heavy (non-hydrogen) atoms. The molecular formula is C16H14N2O16S4. The van der Waals surface area contributed by atoms with Gasteiger partial charge in [0.05, 0.1) is 57.1 Å². The third-order valence-electron chi connectivity index (χ3n) is 4.72. The Kier molecular flexibility index (Phi) is 9.07. The van der Waals surface area contributed by atoms with E-state index in [0.29, 0.717) is 18.1 Å². The maximum absolute atomic E-state index is 13.6. The Hall–Kier alpha value is -2.74. The summed E-state index contributed by atoms with van der Waals surface area (Å²) in [6.07, 6.45) is 0. The summed E-state index contributed by atoms with van der Waals surface area (Å²) >= 11 is 0.608. The summed E-state index contributed by atoms with van der Waals surface area (Å²) in [4.78, 5) is 25.5. The van der Waals surface area contributed by atoms with Gasteiger partial charge >= 0.3 is 0 Å². The summed E-state index contributed by atoms with van der Waals surface area (Å²) in [5, 5.41) is 49.5. The molecule has 18 nitrogen and oxygen atoms in total. The van der Waals surface area contributed by atoms with Gasteiger partial charge < -0.3 is 20.8 Å². The largest absolute Gasteiger partial charge is 0.506 e. The van der Waals surface area contributed by atoms with Crippen LogP contribution in [0.2, 0.25) is 0 Å². The van der Waals surface area contributed by atoms with E-state index in [2.05, 4.69) is 24.1 Å². The lowest BCUT2D eigenvalue weighted by molar-refractivity contribution is -0.432. The first kappa shape index (κ1) is 29.8. The maximum atomic E-state index is 13.6. The van der Waals surface area contributed by atoms with Gasteiger partial charge in [-0.25, -0.2) is 10.5 Å². The topological polar surface area (TPSA) is 285 Å². The molecule has 0 atom stereocenters. The summed E-state index contributed by atoms with van der Waals surface area (Å²) in [6, 6.07) is 1.45. The van der Waals surface area contributed by atoms with Crippen LogP contribution in [0, 0.1) is 0 Å². The molecule has 0 saturated heterocycles. The van der Waals surface area contributed by atoms with Crippen molar-refractivity contribution in [2.24, 2.45) is 0 Å². The van der Waals surface area contributed by atoms with Crippen LogP contribution in [0.3, 0.4) is 0 Å². The van der Waals surface area contributed by atoms with Crippen molar-refractivity contribution in [3.05, 3.63) is 34.4 Å². The van der Waals surface area contributed by atoms with E-state index in [1.165, 1.54) is 0 Å². The molecule has 2 aromatic rings. The van der Waals surface area contributed by atoms with E-state index >= 15 is 0 Å². The molecule has 0 aromatic heterocycles. The van der Waals surface area contributed by atoms with Crippen molar-refractivity contribution in [2.75, 3.05) is 22.4 Å². The highest BCUT2D eigenvalue weighted by Crippen LogP contribution is 2.47. The lowest BCUT2D eigenvalue weighted by Gasteiger charge is -2.26. The minimum atomic E-state index is -5.26. The molecule has 0 aliphatic heterocycles. The van der Waals surface area contributed by atoms with Gasteiger partial charge in [-0.3, -0.25) is 18.7 Å². The van der Waals surface area contributed by atoms with E-state index in [9.17, 15) is 41.2 Å². The molecule has 0 saturated carbocycles. The number of hydrogen-bond donors (Lipinski definition) is 8. The second kappa shape index (κ2) is 11.6. The normalized spacial score (nSPS) is 13.3. The summed E-state index contributed by atoms with van der Waals surface area (Å²) < 4.78 is 73.2. The summed E-state index contributed by atoms with van der Waals surface area (Å²) in [6.45, 7) is 0. The molecule has 3 rings (SSSR count). The van der Waals surface area contributed by atoms with Gasteiger partial charge in [0.2, 0.25) is 11.6 Å². The number of ketones is 2. The number of aromatic hydroxyl groups is 2. The average Bonchev–Trinajstić information content (AvgIpc) is 2.82. The minimum absolute atomic E-state index is 0.171. The fraction of sp³-hybridized carbons (Fsp3) is 0.125. The van der Waals surface area contributed by atoms with E-state index in [1.807, 2.05) is 5.32 Å². The Morgan fingerprint density at radius 2 is 1.34 bits per heavy atom. The zero-order chi connectivity index (χ0) is 28.4. The quantitative estimate of drug-likeness (QED) is 0.0269. The van der Waals surface area contributed by atoms with Gasteiger partial charge in [0.1, 0.15) is 22.3 Å². The lowest BCUT2D eigenvalue weighted by atomic mass is 9.81. The molecule has 1 aliphatic carbocycles. The molecule has 1 aliphatic rings. The number of phenols is 2. The number of carbonyl (C=O) groups is 2. The molecule has 0 amide bonds. The second-order valence-electron chi connectivity index (χ2n) is 6.89. The van der Waals surface area contributed by atoms with Crippen molar-refractivity contribution in [2.45, 2.75) is 9.79 Å². The molecule has 0 heterocycles. The highest BCUT2D eigenvalue weighted by Gasteiger charge is 2.41. The number of nitrogens with one attached hydrogen (secondary N) is 2. The molecule has 2 aromatic carbocycles. The highest BCUT2D eigenvalue weighted by atomic mass is 32.2. The predicted octanol–water partition coefficient (Wildman–Crippen LogP) is 1.24. The van der Waals surface area contributed by atoms with E-state index < -0.39 is 82.0 Å². The fourth-order valence-electron chi connectivity index (χ4n) is 3.37. The maximum Gasteiger partial charge on any atom is 0.298 e. The second-order valence-corrected chi connectivity index (χ2v) is 11.1. The van der Waals surface area contributed by atoms with Gasteiger partial charge in [0.25, 0.3) is 20.2 Å². The Morgan fingerprint density at radius 1 is 0.789 bits per heavy atom. The number of benzene rings is 2. The van der Waals surface area contributed by atoms with Crippen molar-refractivity contribution in [3.8, 4) is 11.5 Å². The zero-order valence-corrected chi connectivity index (χ0v) is 21.2. The fourth-order valence-corrected chi connectivity index (χ4v) is 5.08. The Balaban J connectivity index is 2.33. The molecule has 22 heteroatoms. The molecule has 0 fully saturated rings. The van der Waals surface area contributed by atoms with Crippen molar-refractivity contribution < 1.29 is 75.0 Å². The molecule has 0 bridgehead atoms. The first-order valence-corrected chi connectivity index (χ1v) is 14.0. The molecular weight excluding hydrogens is 604 g/mol. The summed E-state index contributed by atoms with van der Waals surface area (Å²) in [7, 11) is -10.0. The Labute approximate surface area is 220 Å². The van der Waals surface area contributed by atoms with Crippen molar-refractivity contribution >= 4 is 67.3 Å². The smallest absolute Gasteiger partial charge is 0.298 e. The van der Waals surface area contributed by atoms with Gasteiger partial charge in [-0.05, 0) is 12.1 Å². The molecule has 0 unspecified atom stereocenters. The Bertz CT molecular complexity index is 1510. The van der Waals surface area contributed by atoms with Crippen molar-refractivity contribution in [3.63, 3.8) is 0 Å². The number of anilines is 2. The van der Waals surface area contributed by atoms with Gasteiger partial charge in [0.15, 0.2) is 0 Å². The van der Waals surface area contributed by atoms with Crippen LogP contribution < -0.4 is 10.6 Å². The Morgan fingerprint density at radius 3 is 1.87 bits per heavy atom. The monoisotopic (exact) mass is 618 g/mol. The van der Waals surface area contributed by atoms with E-state index in [4.69, 9.17) is 15.1 Å². The van der Waals surface area contributed by atoms with Crippen LogP contribution in [0.5, 0.6) is 11.5 Å². The lowest BCUT2D eigenvalue weighted by Crippen LogP contribution is -2.26. The zero-order valence-electron chi connectivity index (χ0n) is 18.0. The standard InChI is InChI=1S/C16H14N2O16S4/c19-13-7(36-34-32-24)1-5(17-3-35-33-31-23)9-11(13)15(21)10-6(18-4-37(25,26)27)2-8(38(28,29)30)14(20)12(10)16(9)22/h1-2,17-20,23-24H,3-4H2,(H,25,26,27)(H,28,29,30). The van der Waals surface area contributed by atoms with Crippen LogP contribution in [-0.4, -0.2) is 70.0 Å². The summed E-state index contributed by atoms with van der Waals surface area (Å²) in [5.41, 5.74) is -4.24. The number of rotatable bonds is 12. The first-order chi connectivity index (χ1) is 17.7. The van der Waals surface area contributed by atoms with Gasteiger partial charge in [-0.1, -0.05) is 10.1 Å². The third kappa shape index (κ3) is 6.11. The predicted molar refractivity (Wildman–Crippen MR) is 124 cm³/mol. The van der Waals surface area contributed by atoms with Crippen molar-refractivity contribution in [1.82, 2.24) is 0 Å². The molecule has 208 valence electrons. The molecule has 0 radical (unpaired) electrons. The van der Waals surface area contributed by atoms with Crippen LogP contribution in [0.4, 0.5) is 11.4 Å². The van der Waals surface area contributed by atoms with Gasteiger partial charge in [-0.2, -0.15) is 16.8 Å².